The lowest BCUT2D eigenvalue weighted by Gasteiger charge is -2.20. The summed E-state index contributed by atoms with van der Waals surface area (Å²) in [5.41, 5.74) is 4.24. The summed E-state index contributed by atoms with van der Waals surface area (Å²) < 4.78 is 16.7. The zero-order valence-corrected chi connectivity index (χ0v) is 17.6. The highest BCUT2D eigenvalue weighted by atomic mass is 32.2. The van der Waals surface area contributed by atoms with Gasteiger partial charge in [0.05, 0.1) is 19.3 Å². The van der Waals surface area contributed by atoms with Crippen LogP contribution >= 0.6 is 11.9 Å². The van der Waals surface area contributed by atoms with Gasteiger partial charge in [0.15, 0.2) is 11.4 Å². The van der Waals surface area contributed by atoms with Gasteiger partial charge in [-0.3, -0.25) is 4.68 Å². The lowest BCUT2D eigenvalue weighted by molar-refractivity contribution is 0.391. The molecule has 0 radical (unpaired) electrons. The highest BCUT2D eigenvalue weighted by molar-refractivity contribution is 8.00. The molecule has 1 aliphatic carbocycles. The maximum Gasteiger partial charge on any atom is 0.191 e. The third-order valence-corrected chi connectivity index (χ3v) is 6.88. The molecule has 1 aliphatic heterocycles. The summed E-state index contributed by atoms with van der Waals surface area (Å²) in [4.78, 5) is 0. The lowest BCUT2D eigenvalue weighted by Crippen LogP contribution is -2.09. The molecule has 0 atom stereocenters. The molecule has 1 saturated carbocycles. The second kappa shape index (κ2) is 8.28. The van der Waals surface area contributed by atoms with E-state index in [1.807, 2.05) is 10.7 Å². The number of ether oxygens (including phenoxy) is 1. The van der Waals surface area contributed by atoms with Gasteiger partial charge in [0.1, 0.15) is 11.1 Å². The van der Waals surface area contributed by atoms with E-state index in [9.17, 15) is 0 Å². The van der Waals surface area contributed by atoms with E-state index < -0.39 is 0 Å². The van der Waals surface area contributed by atoms with Gasteiger partial charge < -0.3 is 19.3 Å². The van der Waals surface area contributed by atoms with Crippen molar-refractivity contribution in [3.63, 3.8) is 0 Å². The number of benzene rings is 1. The Hall–Kier alpha value is -2.19. The van der Waals surface area contributed by atoms with E-state index in [1.165, 1.54) is 37.7 Å². The van der Waals surface area contributed by atoms with Crippen molar-refractivity contribution >= 4 is 28.7 Å². The summed E-state index contributed by atoms with van der Waals surface area (Å²) in [7, 11) is 1.69. The van der Waals surface area contributed by atoms with Crippen molar-refractivity contribution in [1.29, 1.82) is 0 Å². The number of nitrogens with one attached hydrogen (secondary N) is 2. The Kier molecular flexibility index (Phi) is 5.37. The fourth-order valence-corrected chi connectivity index (χ4v) is 5.30. The van der Waals surface area contributed by atoms with Crippen molar-refractivity contribution in [2.75, 3.05) is 17.6 Å². The number of rotatable bonds is 7. The summed E-state index contributed by atoms with van der Waals surface area (Å²) in [6.45, 7) is 2.42. The van der Waals surface area contributed by atoms with Crippen LogP contribution in [0.4, 0.5) is 5.82 Å². The monoisotopic (exact) mass is 413 g/mol. The summed E-state index contributed by atoms with van der Waals surface area (Å²) >= 11 is 1.72. The number of anilines is 1. The van der Waals surface area contributed by atoms with Crippen LogP contribution < -0.4 is 14.8 Å². The average molecular weight is 414 g/mol. The first-order valence-electron chi connectivity index (χ1n) is 10.4. The van der Waals surface area contributed by atoms with Crippen molar-refractivity contribution < 1.29 is 9.26 Å². The van der Waals surface area contributed by atoms with Gasteiger partial charge in [0.25, 0.3) is 0 Å². The molecule has 7 nitrogen and oxygen atoms in total. The number of methoxy groups -OCH3 is 1. The van der Waals surface area contributed by atoms with Crippen LogP contribution in [0.15, 0.2) is 22.9 Å². The molecule has 8 heteroatoms. The van der Waals surface area contributed by atoms with Crippen molar-refractivity contribution in [3.05, 3.63) is 35.2 Å². The minimum atomic E-state index is 0.680. The van der Waals surface area contributed by atoms with E-state index in [-0.39, 0.29) is 0 Å². The van der Waals surface area contributed by atoms with E-state index in [4.69, 9.17) is 9.26 Å². The summed E-state index contributed by atoms with van der Waals surface area (Å²) in [5, 5.41) is 13.1. The Morgan fingerprint density at radius 3 is 3.00 bits per heavy atom. The SMILES string of the molecule is COc1cc(Cn2cc3c(n2)CNC3)cc2onc(NSCC3CCCCC3)c12. The predicted molar refractivity (Wildman–Crippen MR) is 115 cm³/mol. The molecule has 3 aromatic rings. The van der Waals surface area contributed by atoms with Crippen molar-refractivity contribution in [2.24, 2.45) is 5.92 Å². The smallest absolute Gasteiger partial charge is 0.191 e. The minimum Gasteiger partial charge on any atom is -0.496 e. The van der Waals surface area contributed by atoms with Gasteiger partial charge in [-0.05, 0) is 36.5 Å². The van der Waals surface area contributed by atoms with E-state index in [1.54, 1.807) is 19.1 Å². The van der Waals surface area contributed by atoms with Crippen LogP contribution in [0.1, 0.15) is 48.9 Å². The van der Waals surface area contributed by atoms with Gasteiger partial charge >= 0.3 is 0 Å². The molecule has 1 aromatic carbocycles. The van der Waals surface area contributed by atoms with Crippen LogP contribution in [0.25, 0.3) is 11.0 Å². The molecule has 0 unspecified atom stereocenters. The van der Waals surface area contributed by atoms with Gasteiger partial charge in [0, 0.05) is 30.6 Å². The Morgan fingerprint density at radius 1 is 1.28 bits per heavy atom. The first-order chi connectivity index (χ1) is 14.3. The topological polar surface area (TPSA) is 77.1 Å². The molecule has 154 valence electrons. The highest BCUT2D eigenvalue weighted by Gasteiger charge is 2.19. The molecule has 29 heavy (non-hydrogen) atoms. The molecule has 2 N–H and O–H groups in total. The molecule has 1 fully saturated rings. The summed E-state index contributed by atoms with van der Waals surface area (Å²) in [5.74, 6) is 3.43. The highest BCUT2D eigenvalue weighted by Crippen LogP contribution is 2.36. The Morgan fingerprint density at radius 2 is 2.17 bits per heavy atom. The first-order valence-corrected chi connectivity index (χ1v) is 11.4. The number of aromatic nitrogens is 3. The fraction of sp³-hybridized carbons (Fsp3) is 0.524. The second-order valence-electron chi connectivity index (χ2n) is 8.02. The largest absolute Gasteiger partial charge is 0.496 e. The van der Waals surface area contributed by atoms with E-state index >= 15 is 0 Å². The number of hydrogen-bond acceptors (Lipinski definition) is 7. The van der Waals surface area contributed by atoms with Gasteiger partial charge in [-0.15, -0.1) is 0 Å². The number of hydrogen-bond donors (Lipinski definition) is 2. The Bertz CT molecular complexity index is 971. The maximum atomic E-state index is 5.67. The van der Waals surface area contributed by atoms with Crippen molar-refractivity contribution in [3.8, 4) is 5.75 Å². The van der Waals surface area contributed by atoms with Gasteiger partial charge in [-0.2, -0.15) is 5.10 Å². The molecule has 2 aromatic heterocycles. The van der Waals surface area contributed by atoms with Crippen LogP contribution in [-0.4, -0.2) is 27.8 Å². The summed E-state index contributed by atoms with van der Waals surface area (Å²) in [6.07, 6.45) is 8.91. The molecule has 0 bridgehead atoms. The molecule has 3 heterocycles. The van der Waals surface area contributed by atoms with E-state index in [2.05, 4.69) is 32.6 Å². The third-order valence-electron chi connectivity index (χ3n) is 5.91. The lowest BCUT2D eigenvalue weighted by atomic mass is 9.91. The van der Waals surface area contributed by atoms with E-state index in [0.717, 1.165) is 58.6 Å². The third kappa shape index (κ3) is 3.96. The van der Waals surface area contributed by atoms with Crippen molar-refractivity contribution in [1.82, 2.24) is 20.3 Å². The standard InChI is InChI=1S/C21H27N5O2S/c1-27-18-7-15(11-26-12-16-9-22-10-17(16)23-26)8-19-20(18)21(24-28-19)25-29-13-14-5-3-2-4-6-14/h7-8,12,14,22H,2-6,9-11,13H2,1H3,(H,24,25). The minimum absolute atomic E-state index is 0.680. The fourth-order valence-electron chi connectivity index (χ4n) is 4.38. The summed E-state index contributed by atoms with van der Waals surface area (Å²) in [6, 6.07) is 4.09. The molecule has 0 spiro atoms. The molecule has 0 amide bonds. The van der Waals surface area contributed by atoms with Crippen LogP contribution in [0.2, 0.25) is 0 Å². The van der Waals surface area contributed by atoms with Gasteiger partial charge in [0.2, 0.25) is 0 Å². The van der Waals surface area contributed by atoms with Crippen LogP contribution in [-0.2, 0) is 19.6 Å². The number of nitrogens with zero attached hydrogens (tertiary/aromatic N) is 3. The zero-order chi connectivity index (χ0) is 19.6. The predicted octanol–water partition coefficient (Wildman–Crippen LogP) is 4.32. The van der Waals surface area contributed by atoms with Crippen LogP contribution in [0, 0.1) is 5.92 Å². The van der Waals surface area contributed by atoms with Crippen molar-refractivity contribution in [2.45, 2.75) is 51.7 Å². The van der Waals surface area contributed by atoms with Gasteiger partial charge in [-0.1, -0.05) is 36.4 Å². The quantitative estimate of drug-likeness (QED) is 0.558. The average Bonchev–Trinajstić information content (AvgIpc) is 3.43. The van der Waals surface area contributed by atoms with Gasteiger partial charge in [-0.25, -0.2) is 0 Å². The van der Waals surface area contributed by atoms with E-state index in [0.29, 0.717) is 6.54 Å². The van der Waals surface area contributed by atoms with Crippen LogP contribution in [0.5, 0.6) is 5.75 Å². The second-order valence-corrected chi connectivity index (χ2v) is 8.85. The normalized spacial score (nSPS) is 17.0. The Labute approximate surface area is 174 Å². The zero-order valence-electron chi connectivity index (χ0n) is 16.7. The Balaban J connectivity index is 1.31. The molecular formula is C21H27N5O2S. The maximum absolute atomic E-state index is 5.67. The molecular weight excluding hydrogens is 386 g/mol. The molecule has 5 rings (SSSR count). The molecule has 2 aliphatic rings. The molecule has 0 saturated heterocycles. The van der Waals surface area contributed by atoms with Crippen LogP contribution in [0.3, 0.4) is 0 Å². The number of fused-ring (bicyclic) bond motifs is 2. The first kappa shape index (κ1) is 18.8.